The number of fused-ring (bicyclic) bond motifs is 1. The Hall–Kier alpha value is -2.78. The number of carbonyl (C=O) groups is 3. The monoisotopic (exact) mass is 493 g/mol. The Balaban J connectivity index is 1.44. The fraction of sp³-hybridized carbons (Fsp3) is 0.640. The van der Waals surface area contributed by atoms with Crippen molar-refractivity contribution in [1.29, 1.82) is 0 Å². The minimum absolute atomic E-state index is 0.141. The average Bonchev–Trinajstić information content (AvgIpc) is 3.35. The van der Waals surface area contributed by atoms with Gasteiger partial charge in [-0.1, -0.05) is 18.2 Å². The van der Waals surface area contributed by atoms with E-state index in [2.05, 4.69) is 10.6 Å². The number of hydrogen-bond acceptors (Lipinski definition) is 4. The molecule has 1 saturated heterocycles. The normalized spacial score (nSPS) is 31.4. The van der Waals surface area contributed by atoms with Gasteiger partial charge in [0.05, 0.1) is 5.56 Å². The molecule has 2 bridgehead atoms. The second-order valence-electron chi connectivity index (χ2n) is 11.5. The summed E-state index contributed by atoms with van der Waals surface area (Å²) in [4.78, 5) is 41.0. The molecule has 35 heavy (non-hydrogen) atoms. The van der Waals surface area contributed by atoms with Crippen molar-refractivity contribution in [3.05, 3.63) is 35.4 Å². The average molecular weight is 494 g/mol. The number of alkyl carbamates (subject to hydrolysis) is 1. The van der Waals surface area contributed by atoms with Crippen LogP contribution in [0, 0.1) is 11.8 Å². The summed E-state index contributed by atoms with van der Waals surface area (Å²) >= 11 is 0. The lowest BCUT2D eigenvalue weighted by molar-refractivity contribution is -0.147. The number of alkyl halides is 3. The first-order chi connectivity index (χ1) is 16.3. The molecule has 0 aromatic heterocycles. The Bertz CT molecular complexity index is 1050. The molecule has 1 aromatic rings. The third kappa shape index (κ3) is 4.47. The van der Waals surface area contributed by atoms with Gasteiger partial charge < -0.3 is 20.3 Å². The zero-order chi connectivity index (χ0) is 25.3. The van der Waals surface area contributed by atoms with Crippen LogP contribution in [-0.2, 0) is 20.5 Å². The number of halogens is 3. The number of benzene rings is 1. The second-order valence-corrected chi connectivity index (χ2v) is 11.5. The lowest BCUT2D eigenvalue weighted by Gasteiger charge is -2.62. The first kappa shape index (κ1) is 23.9. The van der Waals surface area contributed by atoms with Gasteiger partial charge in [0.2, 0.25) is 5.91 Å². The van der Waals surface area contributed by atoms with E-state index in [4.69, 9.17) is 4.74 Å². The van der Waals surface area contributed by atoms with E-state index in [-0.39, 0.29) is 29.0 Å². The smallest absolute Gasteiger partial charge is 0.416 e. The maximum absolute atomic E-state index is 13.9. The first-order valence-corrected chi connectivity index (χ1v) is 12.1. The van der Waals surface area contributed by atoms with Gasteiger partial charge in [-0.2, -0.15) is 13.2 Å². The molecule has 1 aromatic carbocycles. The summed E-state index contributed by atoms with van der Waals surface area (Å²) in [6.45, 7) is 4.86. The number of piperidine rings is 1. The Kier molecular flexibility index (Phi) is 5.38. The van der Waals surface area contributed by atoms with Crippen molar-refractivity contribution in [2.45, 2.75) is 88.3 Å². The van der Waals surface area contributed by atoms with Crippen LogP contribution in [0.3, 0.4) is 0 Å². The molecule has 7 nitrogen and oxygen atoms in total. The van der Waals surface area contributed by atoms with Gasteiger partial charge in [0, 0.05) is 11.6 Å². The van der Waals surface area contributed by atoms with Crippen molar-refractivity contribution in [2.24, 2.45) is 11.8 Å². The Labute approximate surface area is 201 Å². The van der Waals surface area contributed by atoms with Gasteiger partial charge in [-0.05, 0) is 76.3 Å². The molecule has 0 spiro atoms. The fourth-order valence-corrected chi connectivity index (χ4v) is 5.84. The highest BCUT2D eigenvalue weighted by Gasteiger charge is 2.61. The molecule has 10 heteroatoms. The summed E-state index contributed by atoms with van der Waals surface area (Å²) in [5.74, 6) is -0.187. The molecule has 1 aliphatic heterocycles. The van der Waals surface area contributed by atoms with E-state index in [1.165, 1.54) is 23.1 Å². The van der Waals surface area contributed by atoms with Crippen LogP contribution in [0.25, 0.3) is 0 Å². The highest BCUT2D eigenvalue weighted by atomic mass is 19.4. The van der Waals surface area contributed by atoms with Crippen LogP contribution in [0.1, 0.15) is 70.0 Å². The van der Waals surface area contributed by atoms with Crippen LogP contribution in [0.2, 0.25) is 0 Å². The van der Waals surface area contributed by atoms with Gasteiger partial charge in [0.25, 0.3) is 5.91 Å². The van der Waals surface area contributed by atoms with Crippen LogP contribution >= 0.6 is 0 Å². The van der Waals surface area contributed by atoms with Crippen molar-refractivity contribution < 1.29 is 32.3 Å². The summed E-state index contributed by atoms with van der Waals surface area (Å²) in [5, 5.41) is 5.46. The Morgan fingerprint density at radius 1 is 1.09 bits per heavy atom. The minimum Gasteiger partial charge on any atom is -0.444 e. The van der Waals surface area contributed by atoms with Crippen molar-refractivity contribution >= 4 is 17.9 Å². The van der Waals surface area contributed by atoms with Crippen molar-refractivity contribution in [3.8, 4) is 0 Å². The lowest BCUT2D eigenvalue weighted by atomic mass is 9.50. The number of carbonyl (C=O) groups excluding carboxylic acids is 3. The van der Waals surface area contributed by atoms with Gasteiger partial charge in [0.15, 0.2) is 0 Å². The van der Waals surface area contributed by atoms with Crippen molar-refractivity contribution in [3.63, 3.8) is 0 Å². The topological polar surface area (TPSA) is 87.7 Å². The summed E-state index contributed by atoms with van der Waals surface area (Å²) in [6.07, 6.45) is -1.76. The highest BCUT2D eigenvalue weighted by molar-refractivity contribution is 5.94. The molecule has 0 radical (unpaired) electrons. The molecular formula is C25H30F3N3O4. The number of amides is 3. The van der Waals surface area contributed by atoms with E-state index in [0.717, 1.165) is 25.3 Å². The quantitative estimate of drug-likeness (QED) is 0.651. The number of rotatable bonds is 5. The molecule has 1 heterocycles. The van der Waals surface area contributed by atoms with Crippen molar-refractivity contribution in [1.82, 2.24) is 15.5 Å². The van der Waals surface area contributed by atoms with Crippen LogP contribution in [0.5, 0.6) is 0 Å². The van der Waals surface area contributed by atoms with Crippen LogP contribution in [0.4, 0.5) is 18.0 Å². The number of nitrogens with one attached hydrogen (secondary N) is 2. The molecule has 4 aliphatic carbocycles. The number of hydrogen-bond donors (Lipinski definition) is 2. The van der Waals surface area contributed by atoms with Gasteiger partial charge in [0.1, 0.15) is 17.7 Å². The maximum atomic E-state index is 13.9. The lowest BCUT2D eigenvalue weighted by Crippen LogP contribution is -2.70. The Morgan fingerprint density at radius 3 is 2.31 bits per heavy atom. The maximum Gasteiger partial charge on any atom is 0.416 e. The number of ether oxygens (including phenoxy) is 1. The SMILES string of the molecule is CC(C)(C)OC(=O)N[C@@H](C(=O)N1[C@H](C(=O)NC23CC(C2)C3)C[C@@H]2C[C@@H]21)c1ccccc1C(F)(F)F. The van der Waals surface area contributed by atoms with Gasteiger partial charge in [-0.15, -0.1) is 0 Å². The Morgan fingerprint density at radius 2 is 1.74 bits per heavy atom. The number of likely N-dealkylation sites (tertiary alicyclic amines) is 1. The summed E-state index contributed by atoms with van der Waals surface area (Å²) in [6, 6.07) is 2.05. The van der Waals surface area contributed by atoms with Crippen LogP contribution < -0.4 is 10.6 Å². The molecule has 190 valence electrons. The van der Waals surface area contributed by atoms with Crippen LogP contribution in [0.15, 0.2) is 24.3 Å². The largest absolute Gasteiger partial charge is 0.444 e. The van der Waals surface area contributed by atoms with E-state index in [1.54, 1.807) is 20.8 Å². The molecule has 3 amide bonds. The molecule has 4 saturated carbocycles. The molecule has 2 N–H and O–H groups in total. The van der Waals surface area contributed by atoms with Crippen LogP contribution in [-0.4, -0.2) is 46.0 Å². The first-order valence-electron chi connectivity index (χ1n) is 12.1. The summed E-state index contributed by atoms with van der Waals surface area (Å²) < 4.78 is 46.8. The van der Waals surface area contributed by atoms with Gasteiger partial charge in [-0.3, -0.25) is 9.59 Å². The molecule has 4 atom stereocenters. The summed E-state index contributed by atoms with van der Waals surface area (Å²) in [7, 11) is 0. The minimum atomic E-state index is -4.74. The third-order valence-corrected chi connectivity index (χ3v) is 7.57. The fourth-order valence-electron chi connectivity index (χ4n) is 5.84. The molecule has 5 fully saturated rings. The van der Waals surface area contributed by atoms with Crippen molar-refractivity contribution in [2.75, 3.05) is 0 Å². The van der Waals surface area contributed by atoms with E-state index < -0.39 is 41.4 Å². The third-order valence-electron chi connectivity index (χ3n) is 7.57. The molecule has 6 rings (SSSR count). The highest BCUT2D eigenvalue weighted by Crippen LogP contribution is 2.57. The van der Waals surface area contributed by atoms with Gasteiger partial charge in [-0.25, -0.2) is 4.79 Å². The van der Waals surface area contributed by atoms with E-state index in [1.807, 2.05) is 0 Å². The van der Waals surface area contributed by atoms with Gasteiger partial charge >= 0.3 is 12.3 Å². The molecular weight excluding hydrogens is 463 g/mol. The van der Waals surface area contributed by atoms with E-state index in [0.29, 0.717) is 18.8 Å². The zero-order valence-corrected chi connectivity index (χ0v) is 19.9. The molecule has 5 aliphatic rings. The predicted octanol–water partition coefficient (Wildman–Crippen LogP) is 3.93. The summed E-state index contributed by atoms with van der Waals surface area (Å²) in [5.41, 5.74) is -2.49. The van der Waals surface area contributed by atoms with E-state index >= 15 is 0 Å². The standard InChI is InChI=1S/C25H30F3N3O4/c1-23(2,3)35-22(34)29-19(15-6-4-5-7-16(15)25(26,27)28)21(33)31-17-8-14(17)9-18(31)20(32)30-24-10-13(11-24)12-24/h4-7,13-14,17-19H,8-12H2,1-3H3,(H,29,34)(H,30,32)/t13?,14-,17-,18-,19+,24?/m0/s1. The zero-order valence-electron chi connectivity index (χ0n) is 19.9. The second kappa shape index (κ2) is 7.86. The van der Waals surface area contributed by atoms with E-state index in [9.17, 15) is 27.6 Å². The predicted molar refractivity (Wildman–Crippen MR) is 119 cm³/mol. The number of nitrogens with zero attached hydrogens (tertiary/aromatic N) is 1. The molecule has 0 unspecified atom stereocenters.